The molecule has 0 radical (unpaired) electrons. The summed E-state index contributed by atoms with van der Waals surface area (Å²) in [7, 11) is 0. The molecule has 0 bridgehead atoms. The van der Waals surface area contributed by atoms with E-state index in [1.54, 1.807) is 0 Å². The summed E-state index contributed by atoms with van der Waals surface area (Å²) < 4.78 is 0. The van der Waals surface area contributed by atoms with Gasteiger partial charge in [0.1, 0.15) is 5.75 Å². The molecule has 0 aromatic heterocycles. The molecule has 1 aromatic rings. The number of nitrogens with one attached hydrogen (secondary N) is 1. The average Bonchev–Trinajstić information content (AvgIpc) is 2.22. The molecule has 1 aromatic carbocycles. The molecule has 1 rings (SSSR count). The first-order valence-electron chi connectivity index (χ1n) is 5.18. The van der Waals surface area contributed by atoms with E-state index in [0.717, 1.165) is 16.7 Å². The topological polar surface area (TPSA) is 52.5 Å². The van der Waals surface area contributed by atoms with Crippen LogP contribution in [0.4, 0.5) is 0 Å². The molecule has 0 aliphatic carbocycles. The van der Waals surface area contributed by atoms with Crippen LogP contribution in [0.3, 0.4) is 0 Å². The molecular formula is C12H19NO2. The molecule has 0 saturated carbocycles. The Labute approximate surface area is 90.8 Å². The summed E-state index contributed by atoms with van der Waals surface area (Å²) >= 11 is 0. The van der Waals surface area contributed by atoms with Crippen LogP contribution >= 0.6 is 0 Å². The zero-order valence-electron chi connectivity index (χ0n) is 9.54. The third-order valence-electron chi connectivity index (χ3n) is 2.48. The second-order valence-electron chi connectivity index (χ2n) is 4.04. The number of rotatable bonds is 4. The van der Waals surface area contributed by atoms with Gasteiger partial charge in [-0.3, -0.25) is 0 Å². The van der Waals surface area contributed by atoms with Gasteiger partial charge in [-0.1, -0.05) is 12.1 Å². The van der Waals surface area contributed by atoms with E-state index in [2.05, 4.69) is 5.32 Å². The van der Waals surface area contributed by atoms with E-state index in [-0.39, 0.29) is 12.6 Å². The molecule has 1 atom stereocenters. The predicted molar refractivity (Wildman–Crippen MR) is 61.0 cm³/mol. The lowest BCUT2D eigenvalue weighted by Gasteiger charge is -2.12. The molecule has 0 amide bonds. The highest BCUT2D eigenvalue weighted by Crippen LogP contribution is 2.22. The molecule has 0 heterocycles. The van der Waals surface area contributed by atoms with Crippen molar-refractivity contribution in [2.75, 3.05) is 6.61 Å². The number of aliphatic hydroxyl groups excluding tert-OH is 1. The highest BCUT2D eigenvalue weighted by Gasteiger charge is 2.04. The van der Waals surface area contributed by atoms with Crippen molar-refractivity contribution in [2.45, 2.75) is 33.4 Å². The third kappa shape index (κ3) is 3.22. The quantitative estimate of drug-likeness (QED) is 0.704. The van der Waals surface area contributed by atoms with Crippen LogP contribution < -0.4 is 5.32 Å². The lowest BCUT2D eigenvalue weighted by molar-refractivity contribution is 0.251. The fourth-order valence-corrected chi connectivity index (χ4v) is 1.50. The molecule has 0 aliphatic rings. The Morgan fingerprint density at radius 1 is 1.27 bits per heavy atom. The highest BCUT2D eigenvalue weighted by molar-refractivity contribution is 5.42. The van der Waals surface area contributed by atoms with Crippen molar-refractivity contribution in [1.29, 1.82) is 0 Å². The summed E-state index contributed by atoms with van der Waals surface area (Å²) in [6, 6.07) is 4.01. The Kier molecular flexibility index (Phi) is 4.12. The minimum Gasteiger partial charge on any atom is -0.507 e. The Balaban J connectivity index is 2.70. The van der Waals surface area contributed by atoms with Gasteiger partial charge in [0.25, 0.3) is 0 Å². The van der Waals surface area contributed by atoms with Crippen molar-refractivity contribution in [3.05, 3.63) is 28.8 Å². The molecule has 84 valence electrons. The van der Waals surface area contributed by atoms with Crippen LogP contribution in [-0.4, -0.2) is 22.9 Å². The molecule has 0 saturated heterocycles. The number of benzene rings is 1. The van der Waals surface area contributed by atoms with Crippen LogP contribution in [0.5, 0.6) is 5.75 Å². The maximum absolute atomic E-state index is 9.59. The van der Waals surface area contributed by atoms with Gasteiger partial charge in [-0.05, 0) is 37.5 Å². The smallest absolute Gasteiger partial charge is 0.121 e. The van der Waals surface area contributed by atoms with Gasteiger partial charge < -0.3 is 15.5 Å². The zero-order chi connectivity index (χ0) is 11.4. The van der Waals surface area contributed by atoms with Crippen LogP contribution in [0.15, 0.2) is 12.1 Å². The van der Waals surface area contributed by atoms with Crippen LogP contribution in [0.1, 0.15) is 23.6 Å². The molecule has 15 heavy (non-hydrogen) atoms. The van der Waals surface area contributed by atoms with Crippen LogP contribution in [0.25, 0.3) is 0 Å². The van der Waals surface area contributed by atoms with E-state index in [9.17, 15) is 5.11 Å². The Bertz CT molecular complexity index is 313. The fourth-order valence-electron chi connectivity index (χ4n) is 1.50. The maximum Gasteiger partial charge on any atom is 0.121 e. The summed E-state index contributed by atoms with van der Waals surface area (Å²) in [4.78, 5) is 0. The van der Waals surface area contributed by atoms with Crippen molar-refractivity contribution in [3.8, 4) is 5.75 Å². The summed E-state index contributed by atoms with van der Waals surface area (Å²) in [5, 5.41) is 21.6. The van der Waals surface area contributed by atoms with Crippen molar-refractivity contribution in [3.63, 3.8) is 0 Å². The monoisotopic (exact) mass is 209 g/mol. The van der Waals surface area contributed by atoms with Crippen molar-refractivity contribution >= 4 is 0 Å². The third-order valence-corrected chi connectivity index (χ3v) is 2.48. The van der Waals surface area contributed by atoms with Crippen LogP contribution in [0, 0.1) is 13.8 Å². The normalized spacial score (nSPS) is 12.8. The number of phenols is 1. The number of aromatic hydroxyl groups is 1. The van der Waals surface area contributed by atoms with Gasteiger partial charge in [0.2, 0.25) is 0 Å². The molecule has 0 spiro atoms. The summed E-state index contributed by atoms with van der Waals surface area (Å²) in [5.74, 6) is 0.369. The summed E-state index contributed by atoms with van der Waals surface area (Å²) in [6.07, 6.45) is 0. The largest absolute Gasteiger partial charge is 0.507 e. The van der Waals surface area contributed by atoms with E-state index in [1.807, 2.05) is 32.9 Å². The average molecular weight is 209 g/mol. The molecule has 0 fully saturated rings. The molecular weight excluding hydrogens is 190 g/mol. The fraction of sp³-hybridized carbons (Fsp3) is 0.500. The Morgan fingerprint density at radius 2 is 1.80 bits per heavy atom. The minimum atomic E-state index is 0.0967. The molecule has 0 aliphatic heterocycles. The number of aliphatic hydroxyl groups is 1. The first kappa shape index (κ1) is 12.0. The van der Waals surface area contributed by atoms with E-state index >= 15 is 0 Å². The van der Waals surface area contributed by atoms with Gasteiger partial charge in [-0.2, -0.15) is 0 Å². The van der Waals surface area contributed by atoms with E-state index in [1.165, 1.54) is 0 Å². The first-order valence-corrected chi connectivity index (χ1v) is 5.18. The van der Waals surface area contributed by atoms with Crippen LogP contribution in [-0.2, 0) is 6.54 Å². The van der Waals surface area contributed by atoms with Gasteiger partial charge in [0.15, 0.2) is 0 Å². The van der Waals surface area contributed by atoms with Gasteiger partial charge in [0.05, 0.1) is 6.61 Å². The predicted octanol–water partition coefficient (Wildman–Crippen LogP) is 1.48. The first-order chi connectivity index (χ1) is 7.04. The number of hydrogen-bond donors (Lipinski definition) is 3. The highest BCUT2D eigenvalue weighted by atomic mass is 16.3. The van der Waals surface area contributed by atoms with E-state index in [4.69, 9.17) is 5.11 Å². The standard InChI is InChI=1S/C12H19NO2/c1-8-4-11(5-9(2)12(8)15)6-13-10(3)7-14/h4-5,10,13-15H,6-7H2,1-3H3. The number of aryl methyl sites for hydroxylation is 2. The van der Waals surface area contributed by atoms with E-state index in [0.29, 0.717) is 12.3 Å². The zero-order valence-corrected chi connectivity index (χ0v) is 9.54. The maximum atomic E-state index is 9.59. The van der Waals surface area contributed by atoms with Crippen molar-refractivity contribution in [2.24, 2.45) is 0 Å². The van der Waals surface area contributed by atoms with Gasteiger partial charge >= 0.3 is 0 Å². The SMILES string of the molecule is Cc1cc(CNC(C)CO)cc(C)c1O. The Hall–Kier alpha value is -1.06. The molecule has 1 unspecified atom stereocenters. The molecule has 3 heteroatoms. The molecule has 3 N–H and O–H groups in total. The Morgan fingerprint density at radius 3 is 2.27 bits per heavy atom. The minimum absolute atomic E-state index is 0.0967. The number of phenolic OH excluding ortho intramolecular Hbond substituents is 1. The van der Waals surface area contributed by atoms with Crippen molar-refractivity contribution < 1.29 is 10.2 Å². The van der Waals surface area contributed by atoms with Gasteiger partial charge in [0, 0.05) is 12.6 Å². The second-order valence-corrected chi connectivity index (χ2v) is 4.04. The lowest BCUT2D eigenvalue weighted by Crippen LogP contribution is -2.28. The summed E-state index contributed by atoms with van der Waals surface area (Å²) in [6.45, 7) is 6.56. The van der Waals surface area contributed by atoms with E-state index < -0.39 is 0 Å². The number of hydrogen-bond acceptors (Lipinski definition) is 3. The van der Waals surface area contributed by atoms with Crippen molar-refractivity contribution in [1.82, 2.24) is 5.32 Å². The summed E-state index contributed by atoms with van der Waals surface area (Å²) in [5.41, 5.74) is 2.91. The lowest BCUT2D eigenvalue weighted by atomic mass is 10.1. The van der Waals surface area contributed by atoms with Gasteiger partial charge in [-0.15, -0.1) is 0 Å². The van der Waals surface area contributed by atoms with Crippen LogP contribution in [0.2, 0.25) is 0 Å². The second kappa shape index (κ2) is 5.14. The molecule has 3 nitrogen and oxygen atoms in total. The van der Waals surface area contributed by atoms with Gasteiger partial charge in [-0.25, -0.2) is 0 Å².